The fourth-order valence-corrected chi connectivity index (χ4v) is 3.69. The molecule has 0 aliphatic carbocycles. The molecule has 0 saturated carbocycles. The monoisotopic (exact) mass is 381 g/mol. The Morgan fingerprint density at radius 1 is 1.25 bits per heavy atom. The van der Waals surface area contributed by atoms with Crippen molar-refractivity contribution in [3.05, 3.63) is 42.4 Å². The molecule has 1 atom stereocenters. The molecule has 0 aromatic carbocycles. The summed E-state index contributed by atoms with van der Waals surface area (Å²) in [5, 5.41) is 3.84. The van der Waals surface area contributed by atoms with Gasteiger partial charge in [0.1, 0.15) is 11.6 Å². The first-order chi connectivity index (χ1) is 13.6. The van der Waals surface area contributed by atoms with Gasteiger partial charge in [0, 0.05) is 50.7 Å². The van der Waals surface area contributed by atoms with Crippen LogP contribution < -0.4 is 4.90 Å². The molecule has 0 bridgehead atoms. The van der Waals surface area contributed by atoms with Crippen molar-refractivity contribution in [3.8, 4) is 11.5 Å². The van der Waals surface area contributed by atoms with Gasteiger partial charge in [0.25, 0.3) is 5.89 Å². The number of aryl methyl sites for hydroxylation is 1. The standard InChI is InChI=1S/C20H27N7O/c1-15-23-20(28-24-15)16-6-7-18(22-13-16)27-9-4-5-17(14-27)19-21-8-10-26(19)12-11-25(2)3/h6-8,10,13,17H,4-5,9,11-12,14H2,1-3H3/t17-/m0/s1. The second-order valence-electron chi connectivity index (χ2n) is 7.62. The summed E-state index contributed by atoms with van der Waals surface area (Å²) in [5.41, 5.74) is 0.845. The van der Waals surface area contributed by atoms with Gasteiger partial charge in [0.15, 0.2) is 5.82 Å². The Bertz CT molecular complexity index is 899. The lowest BCUT2D eigenvalue weighted by Crippen LogP contribution is -2.36. The lowest BCUT2D eigenvalue weighted by atomic mass is 9.97. The number of rotatable bonds is 6. The van der Waals surface area contributed by atoms with E-state index in [-0.39, 0.29) is 0 Å². The number of hydrogen-bond donors (Lipinski definition) is 0. The Kier molecular flexibility index (Phi) is 5.38. The van der Waals surface area contributed by atoms with Gasteiger partial charge in [-0.25, -0.2) is 9.97 Å². The molecule has 0 radical (unpaired) electrons. The summed E-state index contributed by atoms with van der Waals surface area (Å²) in [6.45, 7) is 5.74. The zero-order valence-corrected chi connectivity index (χ0v) is 16.7. The highest BCUT2D eigenvalue weighted by atomic mass is 16.5. The van der Waals surface area contributed by atoms with Crippen LogP contribution in [0.4, 0.5) is 5.82 Å². The summed E-state index contributed by atoms with van der Waals surface area (Å²) < 4.78 is 7.52. The maximum Gasteiger partial charge on any atom is 0.259 e. The number of imidazole rings is 1. The molecule has 1 aliphatic rings. The number of hydrogen-bond acceptors (Lipinski definition) is 7. The van der Waals surface area contributed by atoms with Crippen LogP contribution >= 0.6 is 0 Å². The molecule has 4 heterocycles. The third-order valence-electron chi connectivity index (χ3n) is 5.17. The van der Waals surface area contributed by atoms with Crippen molar-refractivity contribution < 1.29 is 4.52 Å². The van der Waals surface area contributed by atoms with Gasteiger partial charge in [-0.1, -0.05) is 5.16 Å². The molecule has 1 saturated heterocycles. The summed E-state index contributed by atoms with van der Waals surface area (Å²) in [6, 6.07) is 4.03. The van der Waals surface area contributed by atoms with Gasteiger partial charge in [0.2, 0.25) is 0 Å². The maximum atomic E-state index is 5.23. The normalized spacial score (nSPS) is 17.4. The largest absolute Gasteiger partial charge is 0.356 e. The van der Waals surface area contributed by atoms with Crippen molar-refractivity contribution in [1.29, 1.82) is 0 Å². The molecular formula is C20H27N7O. The Hall–Kier alpha value is -2.74. The van der Waals surface area contributed by atoms with E-state index in [1.54, 1.807) is 0 Å². The minimum atomic E-state index is 0.422. The zero-order valence-electron chi connectivity index (χ0n) is 16.7. The smallest absolute Gasteiger partial charge is 0.259 e. The van der Waals surface area contributed by atoms with E-state index in [1.807, 2.05) is 31.5 Å². The summed E-state index contributed by atoms with van der Waals surface area (Å²) in [5.74, 6) is 3.73. The van der Waals surface area contributed by atoms with Gasteiger partial charge in [-0.2, -0.15) is 4.98 Å². The molecule has 3 aromatic heterocycles. The van der Waals surface area contributed by atoms with E-state index in [4.69, 9.17) is 4.52 Å². The lowest BCUT2D eigenvalue weighted by molar-refractivity contribution is 0.373. The van der Waals surface area contributed by atoms with Crippen LogP contribution in [0.3, 0.4) is 0 Å². The van der Waals surface area contributed by atoms with Gasteiger partial charge in [0.05, 0.1) is 5.56 Å². The number of pyridine rings is 1. The van der Waals surface area contributed by atoms with Crippen LogP contribution in [0.1, 0.15) is 30.4 Å². The number of anilines is 1. The van der Waals surface area contributed by atoms with Crippen LogP contribution in [0.15, 0.2) is 35.2 Å². The summed E-state index contributed by atoms with van der Waals surface area (Å²) in [6.07, 6.45) is 8.12. The van der Waals surface area contributed by atoms with Gasteiger partial charge in [-0.3, -0.25) is 0 Å². The van der Waals surface area contributed by atoms with Gasteiger partial charge >= 0.3 is 0 Å². The van der Waals surface area contributed by atoms with Gasteiger partial charge in [-0.15, -0.1) is 0 Å². The van der Waals surface area contributed by atoms with Crippen molar-refractivity contribution in [2.75, 3.05) is 38.6 Å². The first kappa shape index (κ1) is 18.6. The molecule has 1 aliphatic heterocycles. The number of nitrogens with zero attached hydrogens (tertiary/aromatic N) is 7. The van der Waals surface area contributed by atoms with E-state index in [0.29, 0.717) is 17.6 Å². The van der Waals surface area contributed by atoms with E-state index in [0.717, 1.165) is 50.4 Å². The maximum absolute atomic E-state index is 5.23. The number of piperidine rings is 1. The third-order valence-corrected chi connectivity index (χ3v) is 5.17. The van der Waals surface area contributed by atoms with E-state index in [1.165, 1.54) is 5.82 Å². The average Bonchev–Trinajstić information content (AvgIpc) is 3.35. The van der Waals surface area contributed by atoms with Crippen LogP contribution in [-0.2, 0) is 6.54 Å². The van der Waals surface area contributed by atoms with Gasteiger partial charge in [-0.05, 0) is 46.0 Å². The topological polar surface area (TPSA) is 76.1 Å². The Morgan fingerprint density at radius 3 is 2.86 bits per heavy atom. The number of aromatic nitrogens is 5. The molecule has 0 amide bonds. The zero-order chi connectivity index (χ0) is 19.5. The van der Waals surface area contributed by atoms with Crippen LogP contribution in [0.2, 0.25) is 0 Å². The molecule has 1 fully saturated rings. The van der Waals surface area contributed by atoms with Crippen molar-refractivity contribution >= 4 is 5.82 Å². The predicted octanol–water partition coefficient (Wildman–Crippen LogP) is 2.58. The average molecular weight is 381 g/mol. The first-order valence-corrected chi connectivity index (χ1v) is 9.77. The van der Waals surface area contributed by atoms with Crippen LogP contribution in [0, 0.1) is 6.92 Å². The van der Waals surface area contributed by atoms with Crippen molar-refractivity contribution in [1.82, 2.24) is 29.6 Å². The van der Waals surface area contributed by atoms with Crippen LogP contribution in [0.25, 0.3) is 11.5 Å². The highest BCUT2D eigenvalue weighted by molar-refractivity contribution is 5.54. The minimum Gasteiger partial charge on any atom is -0.356 e. The minimum absolute atomic E-state index is 0.422. The second-order valence-corrected chi connectivity index (χ2v) is 7.62. The summed E-state index contributed by atoms with van der Waals surface area (Å²) >= 11 is 0. The molecule has 8 nitrogen and oxygen atoms in total. The van der Waals surface area contributed by atoms with E-state index in [2.05, 4.69) is 54.8 Å². The molecule has 4 rings (SSSR count). The Morgan fingerprint density at radius 2 is 2.14 bits per heavy atom. The molecule has 0 N–H and O–H groups in total. The van der Waals surface area contributed by atoms with Crippen molar-refractivity contribution in [2.45, 2.75) is 32.2 Å². The van der Waals surface area contributed by atoms with E-state index >= 15 is 0 Å². The molecular weight excluding hydrogens is 354 g/mol. The van der Waals surface area contributed by atoms with E-state index in [9.17, 15) is 0 Å². The van der Waals surface area contributed by atoms with Crippen LogP contribution in [0.5, 0.6) is 0 Å². The van der Waals surface area contributed by atoms with Gasteiger partial charge < -0.3 is 18.9 Å². The van der Waals surface area contributed by atoms with Crippen molar-refractivity contribution in [2.24, 2.45) is 0 Å². The molecule has 0 unspecified atom stereocenters. The molecule has 8 heteroatoms. The van der Waals surface area contributed by atoms with Crippen molar-refractivity contribution in [3.63, 3.8) is 0 Å². The Balaban J connectivity index is 1.46. The lowest BCUT2D eigenvalue weighted by Gasteiger charge is -2.33. The third kappa shape index (κ3) is 4.06. The Labute approximate surface area is 165 Å². The molecule has 28 heavy (non-hydrogen) atoms. The molecule has 3 aromatic rings. The predicted molar refractivity (Wildman–Crippen MR) is 107 cm³/mol. The summed E-state index contributed by atoms with van der Waals surface area (Å²) in [7, 11) is 4.20. The second kappa shape index (κ2) is 8.10. The number of likely N-dealkylation sites (N-methyl/N-ethyl adjacent to an activating group) is 1. The van der Waals surface area contributed by atoms with Crippen LogP contribution in [-0.4, -0.2) is 63.3 Å². The SMILES string of the molecule is Cc1noc(-c2ccc(N3CCC[C@H](c4nccn4CCN(C)C)C3)nc2)n1. The summed E-state index contributed by atoms with van der Waals surface area (Å²) in [4.78, 5) is 18.1. The van der Waals surface area contributed by atoms with E-state index < -0.39 is 0 Å². The quantitative estimate of drug-likeness (QED) is 0.649. The highest BCUT2D eigenvalue weighted by Crippen LogP contribution is 2.29. The highest BCUT2D eigenvalue weighted by Gasteiger charge is 2.25. The molecule has 148 valence electrons. The first-order valence-electron chi connectivity index (χ1n) is 9.77. The fraction of sp³-hybridized carbons (Fsp3) is 0.500. The molecule has 0 spiro atoms. The fourth-order valence-electron chi connectivity index (χ4n) is 3.69.